The van der Waals surface area contributed by atoms with Gasteiger partial charge in [0, 0.05) is 23.4 Å². The van der Waals surface area contributed by atoms with Gasteiger partial charge in [-0.25, -0.2) is 0 Å². The molecule has 4 nitrogen and oxygen atoms in total. The van der Waals surface area contributed by atoms with Gasteiger partial charge in [-0.2, -0.15) is 0 Å². The largest absolute Gasteiger partial charge is 0.455 e. The summed E-state index contributed by atoms with van der Waals surface area (Å²) in [6, 6.07) is 4.80. The van der Waals surface area contributed by atoms with Gasteiger partial charge in [-0.05, 0) is 30.5 Å². The monoisotopic (exact) mass is 365 g/mol. The van der Waals surface area contributed by atoms with Gasteiger partial charge < -0.3 is 9.73 Å². The number of rotatable bonds is 2. The first kappa shape index (κ1) is 17.1. The van der Waals surface area contributed by atoms with E-state index >= 15 is 0 Å². The molecule has 0 unspecified atom stereocenters. The van der Waals surface area contributed by atoms with Gasteiger partial charge in [0.25, 0.3) is 5.91 Å². The smallest absolute Gasteiger partial charge is 0.291 e. The summed E-state index contributed by atoms with van der Waals surface area (Å²) in [5.41, 5.74) is 1.34. The van der Waals surface area contributed by atoms with Crippen LogP contribution in [0.25, 0.3) is 0 Å². The van der Waals surface area contributed by atoms with Gasteiger partial charge in [0.2, 0.25) is 0 Å². The van der Waals surface area contributed by atoms with E-state index in [4.69, 9.17) is 27.6 Å². The van der Waals surface area contributed by atoms with Crippen molar-refractivity contribution in [1.29, 1.82) is 0 Å². The lowest BCUT2D eigenvalue weighted by Gasteiger charge is -2.27. The Bertz CT molecular complexity index is 852. The van der Waals surface area contributed by atoms with Crippen LogP contribution in [-0.2, 0) is 6.42 Å². The molecule has 0 fully saturated rings. The van der Waals surface area contributed by atoms with Crippen LogP contribution in [0.3, 0.4) is 0 Å². The van der Waals surface area contributed by atoms with Crippen LogP contribution in [0.2, 0.25) is 10.0 Å². The van der Waals surface area contributed by atoms with Gasteiger partial charge in [0.1, 0.15) is 5.76 Å². The summed E-state index contributed by atoms with van der Waals surface area (Å²) >= 11 is 12.0. The van der Waals surface area contributed by atoms with Gasteiger partial charge in [0.05, 0.1) is 16.3 Å². The number of hydrogen-bond acceptors (Lipinski definition) is 3. The second-order valence-electron chi connectivity index (χ2n) is 6.87. The minimum absolute atomic E-state index is 0.0161. The molecule has 0 atom stereocenters. The Hall–Kier alpha value is -1.78. The van der Waals surface area contributed by atoms with Crippen LogP contribution in [0.15, 0.2) is 22.6 Å². The number of ketones is 1. The fraction of sp³-hybridized carbons (Fsp3) is 0.333. The summed E-state index contributed by atoms with van der Waals surface area (Å²) in [7, 11) is 0. The van der Waals surface area contributed by atoms with E-state index in [2.05, 4.69) is 5.32 Å². The van der Waals surface area contributed by atoms with Crippen molar-refractivity contribution in [1.82, 2.24) is 0 Å². The highest BCUT2D eigenvalue weighted by Gasteiger charge is 2.37. The van der Waals surface area contributed by atoms with Crippen LogP contribution in [0.5, 0.6) is 0 Å². The summed E-state index contributed by atoms with van der Waals surface area (Å²) in [6.45, 7) is 5.75. The lowest BCUT2D eigenvalue weighted by atomic mass is 9.76. The van der Waals surface area contributed by atoms with Gasteiger partial charge in [-0.3, -0.25) is 9.59 Å². The quantitative estimate of drug-likeness (QED) is 0.784. The molecule has 0 aliphatic heterocycles. The molecule has 1 heterocycles. The Morgan fingerprint density at radius 1 is 1.25 bits per heavy atom. The first-order valence-corrected chi connectivity index (χ1v) is 8.35. The normalized spacial score (nSPS) is 16.0. The Labute approximate surface area is 150 Å². The SMILES string of the molecule is Cc1c(C(=O)Nc2cc(Cl)ccc2Cl)oc2c1C(=O)CC(C)(C)C2. The van der Waals surface area contributed by atoms with Crippen LogP contribution >= 0.6 is 23.2 Å². The highest BCUT2D eigenvalue weighted by atomic mass is 35.5. The molecule has 1 aliphatic rings. The van der Waals surface area contributed by atoms with Crippen molar-refractivity contribution in [3.8, 4) is 0 Å². The fourth-order valence-corrected chi connectivity index (χ4v) is 3.41. The number of furan rings is 1. The molecule has 1 amide bonds. The molecule has 0 bridgehead atoms. The summed E-state index contributed by atoms with van der Waals surface area (Å²) < 4.78 is 5.74. The third-order valence-corrected chi connectivity index (χ3v) is 4.72. The Morgan fingerprint density at radius 2 is 1.96 bits per heavy atom. The number of fused-ring (bicyclic) bond motifs is 1. The zero-order chi connectivity index (χ0) is 17.6. The average Bonchev–Trinajstić information content (AvgIpc) is 2.78. The van der Waals surface area contributed by atoms with Crippen molar-refractivity contribution < 1.29 is 14.0 Å². The standard InChI is InChI=1S/C18H17Cl2NO3/c1-9-15-13(22)7-18(2,3)8-14(15)24-16(9)17(23)21-12-6-10(19)4-5-11(12)20/h4-6H,7-8H2,1-3H3,(H,21,23). The average molecular weight is 366 g/mol. The number of hydrogen-bond donors (Lipinski definition) is 1. The number of nitrogens with one attached hydrogen (secondary N) is 1. The molecule has 126 valence electrons. The molecule has 6 heteroatoms. The molecule has 3 rings (SSSR count). The number of Topliss-reactive ketones (excluding diaryl/α,β-unsaturated/α-hetero) is 1. The first-order chi connectivity index (χ1) is 11.2. The molecule has 0 saturated heterocycles. The fourth-order valence-electron chi connectivity index (χ4n) is 3.07. The van der Waals surface area contributed by atoms with Gasteiger partial charge in [-0.1, -0.05) is 37.0 Å². The molecular formula is C18H17Cl2NO3. The molecule has 24 heavy (non-hydrogen) atoms. The molecule has 0 spiro atoms. The molecule has 1 aromatic heterocycles. The van der Waals surface area contributed by atoms with Crippen LogP contribution in [-0.4, -0.2) is 11.7 Å². The Balaban J connectivity index is 1.95. The highest BCUT2D eigenvalue weighted by Crippen LogP contribution is 2.38. The highest BCUT2D eigenvalue weighted by molar-refractivity contribution is 6.35. The van der Waals surface area contributed by atoms with E-state index in [0.29, 0.717) is 45.5 Å². The van der Waals surface area contributed by atoms with E-state index < -0.39 is 5.91 Å². The summed E-state index contributed by atoms with van der Waals surface area (Å²) in [5, 5.41) is 3.53. The second-order valence-corrected chi connectivity index (χ2v) is 7.72. The van der Waals surface area contributed by atoms with E-state index in [9.17, 15) is 9.59 Å². The van der Waals surface area contributed by atoms with E-state index in [1.807, 2.05) is 13.8 Å². The third kappa shape index (κ3) is 3.08. The van der Waals surface area contributed by atoms with Crippen molar-refractivity contribution in [2.75, 3.05) is 5.32 Å². The van der Waals surface area contributed by atoms with Crippen molar-refractivity contribution in [3.05, 3.63) is 50.9 Å². The van der Waals surface area contributed by atoms with Crippen molar-refractivity contribution >= 4 is 40.6 Å². The molecule has 0 saturated carbocycles. The van der Waals surface area contributed by atoms with Gasteiger partial charge >= 0.3 is 0 Å². The Morgan fingerprint density at radius 3 is 2.67 bits per heavy atom. The lowest BCUT2D eigenvalue weighted by molar-refractivity contribution is 0.0898. The molecule has 1 N–H and O–H groups in total. The van der Waals surface area contributed by atoms with Gasteiger partial charge in [0.15, 0.2) is 11.5 Å². The maximum Gasteiger partial charge on any atom is 0.291 e. The number of anilines is 1. The van der Waals surface area contributed by atoms with Gasteiger partial charge in [-0.15, -0.1) is 0 Å². The zero-order valence-corrected chi connectivity index (χ0v) is 15.1. The molecular weight excluding hydrogens is 349 g/mol. The van der Waals surface area contributed by atoms with E-state index in [0.717, 1.165) is 0 Å². The predicted molar refractivity (Wildman–Crippen MR) is 94.3 cm³/mol. The topological polar surface area (TPSA) is 59.3 Å². The second kappa shape index (κ2) is 5.94. The molecule has 1 aliphatic carbocycles. The van der Waals surface area contributed by atoms with Crippen molar-refractivity contribution in [3.63, 3.8) is 0 Å². The van der Waals surface area contributed by atoms with E-state index in [-0.39, 0.29) is 17.0 Å². The molecule has 0 radical (unpaired) electrons. The maximum absolute atomic E-state index is 12.6. The third-order valence-electron chi connectivity index (χ3n) is 4.16. The number of halogens is 2. The van der Waals surface area contributed by atoms with E-state index in [1.54, 1.807) is 25.1 Å². The summed E-state index contributed by atoms with van der Waals surface area (Å²) in [6.07, 6.45) is 1.07. The number of carbonyl (C=O) groups excluding carboxylic acids is 2. The number of benzene rings is 1. The summed E-state index contributed by atoms with van der Waals surface area (Å²) in [5.74, 6) is 0.289. The van der Waals surface area contributed by atoms with Crippen molar-refractivity contribution in [2.24, 2.45) is 5.41 Å². The number of carbonyl (C=O) groups is 2. The van der Waals surface area contributed by atoms with Crippen LogP contribution in [0.4, 0.5) is 5.69 Å². The van der Waals surface area contributed by atoms with Crippen molar-refractivity contribution in [2.45, 2.75) is 33.6 Å². The van der Waals surface area contributed by atoms with Crippen LogP contribution in [0, 0.1) is 12.3 Å². The maximum atomic E-state index is 12.6. The molecule has 2 aromatic rings. The first-order valence-electron chi connectivity index (χ1n) is 7.60. The lowest BCUT2D eigenvalue weighted by Crippen LogP contribution is -2.26. The van der Waals surface area contributed by atoms with Crippen LogP contribution in [0.1, 0.15) is 52.5 Å². The molecule has 1 aromatic carbocycles. The number of amides is 1. The predicted octanol–water partition coefficient (Wildman–Crippen LogP) is 5.30. The Kier molecular flexibility index (Phi) is 4.22. The van der Waals surface area contributed by atoms with E-state index in [1.165, 1.54) is 0 Å². The minimum Gasteiger partial charge on any atom is -0.455 e. The summed E-state index contributed by atoms with van der Waals surface area (Å²) in [4.78, 5) is 25.0. The minimum atomic E-state index is -0.448. The zero-order valence-electron chi connectivity index (χ0n) is 13.6. The van der Waals surface area contributed by atoms with Crippen LogP contribution < -0.4 is 5.32 Å².